The molecule has 0 fully saturated rings. The van der Waals surface area contributed by atoms with Crippen LogP contribution in [0.2, 0.25) is 0 Å². The van der Waals surface area contributed by atoms with Gasteiger partial charge in [0.05, 0.1) is 6.61 Å². The molecular weight excluding hydrogens is 234 g/mol. The van der Waals surface area contributed by atoms with Crippen molar-refractivity contribution < 1.29 is 19.1 Å². The molecule has 0 radical (unpaired) electrons. The molecule has 0 aliphatic carbocycles. The summed E-state index contributed by atoms with van der Waals surface area (Å²) in [5.41, 5.74) is 1.01. The van der Waals surface area contributed by atoms with E-state index in [0.717, 1.165) is 11.3 Å². The number of carbonyl (C=O) groups excluding carboxylic acids is 2. The number of benzene rings is 1. The first kappa shape index (κ1) is 12.4. The lowest BCUT2D eigenvalue weighted by molar-refractivity contribution is -0.144. The Morgan fingerprint density at radius 1 is 1.44 bits per heavy atom. The Hall–Kier alpha value is -2.04. The summed E-state index contributed by atoms with van der Waals surface area (Å²) in [7, 11) is 0. The number of nitrogens with one attached hydrogen (secondary N) is 1. The molecule has 0 unspecified atom stereocenters. The minimum atomic E-state index is -0.558. The van der Waals surface area contributed by atoms with Gasteiger partial charge < -0.3 is 14.8 Å². The molecule has 2 rings (SSSR count). The van der Waals surface area contributed by atoms with Crippen LogP contribution < -0.4 is 10.1 Å². The van der Waals surface area contributed by atoms with E-state index in [4.69, 9.17) is 9.47 Å². The summed E-state index contributed by atoms with van der Waals surface area (Å²) >= 11 is 0. The van der Waals surface area contributed by atoms with E-state index in [2.05, 4.69) is 5.32 Å². The van der Waals surface area contributed by atoms with E-state index in [1.165, 1.54) is 0 Å². The molecule has 1 aromatic rings. The Morgan fingerprint density at radius 2 is 2.22 bits per heavy atom. The molecule has 0 spiro atoms. The third kappa shape index (κ3) is 2.80. The van der Waals surface area contributed by atoms with Crippen molar-refractivity contribution in [2.45, 2.75) is 19.4 Å². The van der Waals surface area contributed by atoms with Gasteiger partial charge in [-0.2, -0.15) is 0 Å². The minimum Gasteiger partial charge on any atom is -0.480 e. The van der Waals surface area contributed by atoms with Crippen molar-refractivity contribution in [3.05, 3.63) is 29.8 Å². The fourth-order valence-corrected chi connectivity index (χ4v) is 1.81. The van der Waals surface area contributed by atoms with E-state index in [1.807, 2.05) is 24.3 Å². The zero-order valence-corrected chi connectivity index (χ0v) is 10.1. The number of rotatable bonds is 4. The monoisotopic (exact) mass is 249 g/mol. The van der Waals surface area contributed by atoms with Gasteiger partial charge in [0.25, 0.3) is 5.91 Å². The highest BCUT2D eigenvalue weighted by Crippen LogP contribution is 2.27. The summed E-state index contributed by atoms with van der Waals surface area (Å²) in [6.45, 7) is 1.90. The van der Waals surface area contributed by atoms with Gasteiger partial charge in [-0.25, -0.2) is 0 Å². The van der Waals surface area contributed by atoms with E-state index in [-0.39, 0.29) is 12.5 Å². The Kier molecular flexibility index (Phi) is 3.82. The maximum Gasteiger partial charge on any atom is 0.325 e. The number of amides is 1. The summed E-state index contributed by atoms with van der Waals surface area (Å²) in [5, 5.41) is 2.51. The number of hydrogen-bond acceptors (Lipinski definition) is 4. The fourth-order valence-electron chi connectivity index (χ4n) is 1.81. The van der Waals surface area contributed by atoms with E-state index in [9.17, 15) is 9.59 Å². The molecule has 5 heteroatoms. The van der Waals surface area contributed by atoms with Crippen molar-refractivity contribution in [1.29, 1.82) is 0 Å². The van der Waals surface area contributed by atoms with Crippen LogP contribution in [0.3, 0.4) is 0 Å². The molecule has 0 bridgehead atoms. The predicted octanol–water partition coefficient (Wildman–Crippen LogP) is 0.669. The standard InChI is InChI=1S/C13H15NO4/c1-2-17-12(15)8-14-13(16)11-7-9-5-3-4-6-10(9)18-11/h3-6,11H,2,7-8H2,1H3,(H,14,16)/t11-/m1/s1. The lowest BCUT2D eigenvalue weighted by atomic mass is 10.1. The highest BCUT2D eigenvalue weighted by atomic mass is 16.5. The van der Waals surface area contributed by atoms with E-state index in [1.54, 1.807) is 6.92 Å². The van der Waals surface area contributed by atoms with Gasteiger partial charge in [-0.05, 0) is 18.6 Å². The highest BCUT2D eigenvalue weighted by Gasteiger charge is 2.28. The minimum absolute atomic E-state index is 0.122. The van der Waals surface area contributed by atoms with Crippen LogP contribution >= 0.6 is 0 Å². The van der Waals surface area contributed by atoms with Crippen LogP contribution in [0.15, 0.2) is 24.3 Å². The average molecular weight is 249 g/mol. The van der Waals surface area contributed by atoms with Crippen LogP contribution in [0.1, 0.15) is 12.5 Å². The van der Waals surface area contributed by atoms with Gasteiger partial charge in [-0.15, -0.1) is 0 Å². The Morgan fingerprint density at radius 3 is 2.94 bits per heavy atom. The largest absolute Gasteiger partial charge is 0.480 e. The summed E-state index contributed by atoms with van der Waals surface area (Å²) in [5.74, 6) is -0.00519. The average Bonchev–Trinajstić information content (AvgIpc) is 2.80. The van der Waals surface area contributed by atoms with Gasteiger partial charge in [-0.3, -0.25) is 9.59 Å². The first-order valence-electron chi connectivity index (χ1n) is 5.88. The third-order valence-corrected chi connectivity index (χ3v) is 2.65. The van der Waals surface area contributed by atoms with Gasteiger partial charge in [0.1, 0.15) is 12.3 Å². The maximum atomic E-state index is 11.8. The molecule has 0 aromatic heterocycles. The molecule has 1 aliphatic rings. The fraction of sp³-hybridized carbons (Fsp3) is 0.385. The zero-order valence-electron chi connectivity index (χ0n) is 10.1. The van der Waals surface area contributed by atoms with Crippen molar-refractivity contribution in [3.63, 3.8) is 0 Å². The Balaban J connectivity index is 1.84. The number of para-hydroxylation sites is 1. The number of esters is 1. The molecule has 1 aliphatic heterocycles. The van der Waals surface area contributed by atoms with Gasteiger partial charge >= 0.3 is 5.97 Å². The smallest absolute Gasteiger partial charge is 0.325 e. The summed E-state index contributed by atoms with van der Waals surface area (Å²) < 4.78 is 10.2. The second-order valence-corrected chi connectivity index (χ2v) is 3.94. The van der Waals surface area contributed by atoms with Crippen molar-refractivity contribution >= 4 is 11.9 Å². The van der Waals surface area contributed by atoms with Crippen molar-refractivity contribution in [2.75, 3.05) is 13.2 Å². The Bertz CT molecular complexity index is 433. The van der Waals surface area contributed by atoms with Gasteiger partial charge in [-0.1, -0.05) is 18.2 Å². The van der Waals surface area contributed by atoms with E-state index < -0.39 is 12.1 Å². The third-order valence-electron chi connectivity index (χ3n) is 2.65. The van der Waals surface area contributed by atoms with Crippen LogP contribution in [0, 0.1) is 0 Å². The maximum absolute atomic E-state index is 11.8. The Labute approximate surface area is 105 Å². The molecule has 1 amide bonds. The van der Waals surface area contributed by atoms with Crippen molar-refractivity contribution in [3.8, 4) is 5.75 Å². The van der Waals surface area contributed by atoms with Crippen LogP contribution in [-0.4, -0.2) is 31.1 Å². The molecular formula is C13H15NO4. The van der Waals surface area contributed by atoms with Crippen molar-refractivity contribution in [1.82, 2.24) is 5.32 Å². The van der Waals surface area contributed by atoms with Crippen LogP contribution in [0.5, 0.6) is 5.75 Å². The number of carbonyl (C=O) groups is 2. The van der Waals surface area contributed by atoms with Crippen molar-refractivity contribution in [2.24, 2.45) is 0 Å². The molecule has 1 aromatic carbocycles. The second kappa shape index (κ2) is 5.53. The number of ether oxygens (including phenoxy) is 2. The van der Waals surface area contributed by atoms with Crippen LogP contribution in [0.4, 0.5) is 0 Å². The SMILES string of the molecule is CCOC(=O)CNC(=O)[C@H]1Cc2ccccc2O1. The first-order chi connectivity index (χ1) is 8.70. The molecule has 0 saturated carbocycles. The normalized spacial score (nSPS) is 16.6. The first-order valence-corrected chi connectivity index (χ1v) is 5.88. The lowest BCUT2D eigenvalue weighted by Crippen LogP contribution is -2.40. The summed E-state index contributed by atoms with van der Waals surface area (Å²) in [6, 6.07) is 7.51. The number of fused-ring (bicyclic) bond motifs is 1. The summed E-state index contributed by atoms with van der Waals surface area (Å²) in [4.78, 5) is 22.9. The zero-order chi connectivity index (χ0) is 13.0. The van der Waals surface area contributed by atoms with Crippen LogP contribution in [-0.2, 0) is 20.7 Å². The molecule has 1 heterocycles. The van der Waals surface area contributed by atoms with E-state index >= 15 is 0 Å². The molecule has 96 valence electrons. The van der Waals surface area contributed by atoms with Gasteiger partial charge in [0, 0.05) is 6.42 Å². The van der Waals surface area contributed by atoms with Crippen LogP contribution in [0.25, 0.3) is 0 Å². The topological polar surface area (TPSA) is 64.6 Å². The van der Waals surface area contributed by atoms with E-state index in [0.29, 0.717) is 13.0 Å². The molecule has 18 heavy (non-hydrogen) atoms. The van der Waals surface area contributed by atoms with Gasteiger partial charge in [0.2, 0.25) is 0 Å². The second-order valence-electron chi connectivity index (χ2n) is 3.94. The van der Waals surface area contributed by atoms with Gasteiger partial charge in [0.15, 0.2) is 6.10 Å². The quantitative estimate of drug-likeness (QED) is 0.796. The summed E-state index contributed by atoms with van der Waals surface area (Å²) in [6.07, 6.45) is -0.0259. The highest BCUT2D eigenvalue weighted by molar-refractivity contribution is 5.86. The number of hydrogen-bond donors (Lipinski definition) is 1. The molecule has 1 atom stereocenters. The molecule has 5 nitrogen and oxygen atoms in total. The lowest BCUT2D eigenvalue weighted by Gasteiger charge is -2.10. The molecule has 0 saturated heterocycles. The predicted molar refractivity (Wildman–Crippen MR) is 64.2 cm³/mol. The molecule has 1 N–H and O–H groups in total.